The number of fused-ring (bicyclic) bond motifs is 1. The van der Waals surface area contributed by atoms with Crippen LogP contribution in [0.2, 0.25) is 0 Å². The van der Waals surface area contributed by atoms with Gasteiger partial charge in [0.2, 0.25) is 0 Å². The van der Waals surface area contributed by atoms with Gasteiger partial charge in [-0.15, -0.1) is 0 Å². The van der Waals surface area contributed by atoms with Gasteiger partial charge in [0.15, 0.2) is 0 Å². The molecule has 0 N–H and O–H groups in total. The summed E-state index contributed by atoms with van der Waals surface area (Å²) in [5.74, 6) is 0.611. The molecular formula is C21H22FN3O2. The predicted molar refractivity (Wildman–Crippen MR) is 99.3 cm³/mol. The summed E-state index contributed by atoms with van der Waals surface area (Å²) in [7, 11) is 0. The monoisotopic (exact) mass is 367 g/mol. The van der Waals surface area contributed by atoms with Gasteiger partial charge < -0.3 is 9.64 Å². The zero-order valence-electron chi connectivity index (χ0n) is 15.3. The molecule has 0 bridgehead atoms. The highest BCUT2D eigenvalue weighted by molar-refractivity contribution is 5.93. The van der Waals surface area contributed by atoms with E-state index in [1.165, 1.54) is 12.1 Å². The Bertz CT molecular complexity index is 899. The van der Waals surface area contributed by atoms with Crippen LogP contribution in [0.15, 0.2) is 54.3 Å². The van der Waals surface area contributed by atoms with E-state index < -0.39 is 0 Å². The third-order valence-electron chi connectivity index (χ3n) is 5.06. The van der Waals surface area contributed by atoms with Crippen molar-refractivity contribution >= 4 is 5.91 Å². The van der Waals surface area contributed by atoms with Crippen LogP contribution in [-0.2, 0) is 17.9 Å². The number of ether oxygens (including phenoxy) is 1. The van der Waals surface area contributed by atoms with E-state index in [1.807, 2.05) is 30.0 Å². The molecule has 1 aromatic carbocycles. The number of carbonyl (C=O) groups is 1. The molecule has 0 spiro atoms. The van der Waals surface area contributed by atoms with Crippen molar-refractivity contribution in [2.24, 2.45) is 0 Å². The number of hydrogen-bond donors (Lipinski definition) is 0. The molecule has 1 aliphatic heterocycles. The summed E-state index contributed by atoms with van der Waals surface area (Å²) < 4.78 is 20.7. The number of allylic oxidation sites excluding steroid dienone is 4. The fourth-order valence-corrected chi connectivity index (χ4v) is 3.49. The third-order valence-corrected chi connectivity index (χ3v) is 5.06. The van der Waals surface area contributed by atoms with Gasteiger partial charge in [0.1, 0.15) is 23.8 Å². The standard InChI is InChI=1S/C21H22FN3O2/c1-15(16-7-9-17(22)10-8-16)24-11-12-25-20(21(24)26)13-18(23-25)14-27-19-5-3-2-4-6-19/h2-3,5,7-10,13,15H,4,6,11-12,14H2,1H3/t15-/m0/s1. The molecule has 1 amide bonds. The Kier molecular flexibility index (Phi) is 4.79. The molecular weight excluding hydrogens is 345 g/mol. The second kappa shape index (κ2) is 7.39. The summed E-state index contributed by atoms with van der Waals surface area (Å²) in [5.41, 5.74) is 2.25. The van der Waals surface area contributed by atoms with Gasteiger partial charge in [-0.05, 0) is 43.2 Å². The lowest BCUT2D eigenvalue weighted by atomic mass is 10.1. The number of rotatable bonds is 5. The average Bonchev–Trinajstić information content (AvgIpc) is 3.12. The third kappa shape index (κ3) is 3.65. The van der Waals surface area contributed by atoms with Crippen LogP contribution in [-0.4, -0.2) is 27.1 Å². The van der Waals surface area contributed by atoms with Crippen molar-refractivity contribution in [1.82, 2.24) is 14.7 Å². The molecule has 0 unspecified atom stereocenters. The maximum atomic E-state index is 13.2. The molecule has 27 heavy (non-hydrogen) atoms. The molecule has 1 aliphatic carbocycles. The van der Waals surface area contributed by atoms with Crippen molar-refractivity contribution in [2.75, 3.05) is 6.54 Å². The number of hydrogen-bond acceptors (Lipinski definition) is 3. The van der Waals surface area contributed by atoms with E-state index >= 15 is 0 Å². The molecule has 1 atom stereocenters. The Hall–Kier alpha value is -2.89. The first-order valence-electron chi connectivity index (χ1n) is 9.23. The van der Waals surface area contributed by atoms with Crippen LogP contribution in [0.25, 0.3) is 0 Å². The smallest absolute Gasteiger partial charge is 0.272 e. The summed E-state index contributed by atoms with van der Waals surface area (Å²) in [5, 5.41) is 4.51. The molecule has 4 rings (SSSR count). The van der Waals surface area contributed by atoms with Gasteiger partial charge in [0.25, 0.3) is 5.91 Å². The number of halogens is 1. The zero-order chi connectivity index (χ0) is 18.8. The molecule has 0 radical (unpaired) electrons. The summed E-state index contributed by atoms with van der Waals surface area (Å²) in [4.78, 5) is 14.8. The molecule has 6 heteroatoms. The lowest BCUT2D eigenvalue weighted by Gasteiger charge is -2.33. The number of nitrogens with zero attached hydrogens (tertiary/aromatic N) is 3. The number of carbonyl (C=O) groups excluding carboxylic acids is 1. The Morgan fingerprint density at radius 2 is 2.07 bits per heavy atom. The number of amides is 1. The van der Waals surface area contributed by atoms with E-state index in [4.69, 9.17) is 4.74 Å². The minimum atomic E-state index is -0.276. The second-order valence-electron chi connectivity index (χ2n) is 6.86. The van der Waals surface area contributed by atoms with Crippen molar-refractivity contribution in [3.63, 3.8) is 0 Å². The van der Waals surface area contributed by atoms with Crippen LogP contribution in [0, 0.1) is 5.82 Å². The van der Waals surface area contributed by atoms with Gasteiger partial charge in [0.05, 0.1) is 18.3 Å². The quantitative estimate of drug-likeness (QED) is 0.803. The minimum absolute atomic E-state index is 0.0587. The normalized spacial score (nSPS) is 17.5. The fourth-order valence-electron chi connectivity index (χ4n) is 3.49. The summed E-state index contributed by atoms with van der Waals surface area (Å²) in [6.45, 7) is 3.53. The predicted octanol–water partition coefficient (Wildman–Crippen LogP) is 3.99. The lowest BCUT2D eigenvalue weighted by molar-refractivity contribution is 0.0624. The van der Waals surface area contributed by atoms with Crippen LogP contribution in [0.1, 0.15) is 47.6 Å². The van der Waals surface area contributed by atoms with Gasteiger partial charge in [-0.3, -0.25) is 9.48 Å². The Labute approximate surface area is 157 Å². The fraction of sp³-hybridized carbons (Fsp3) is 0.333. The van der Waals surface area contributed by atoms with Gasteiger partial charge in [-0.1, -0.05) is 24.3 Å². The Morgan fingerprint density at radius 1 is 1.26 bits per heavy atom. The highest BCUT2D eigenvalue weighted by Gasteiger charge is 2.30. The van der Waals surface area contributed by atoms with Crippen LogP contribution in [0.5, 0.6) is 0 Å². The van der Waals surface area contributed by atoms with Crippen LogP contribution in [0.3, 0.4) is 0 Å². The van der Waals surface area contributed by atoms with Crippen molar-refractivity contribution < 1.29 is 13.9 Å². The first-order chi connectivity index (χ1) is 13.1. The molecule has 0 saturated heterocycles. The minimum Gasteiger partial charge on any atom is -0.492 e. The summed E-state index contributed by atoms with van der Waals surface area (Å²) in [6.07, 6.45) is 7.95. The van der Waals surface area contributed by atoms with E-state index in [0.717, 1.165) is 29.9 Å². The zero-order valence-corrected chi connectivity index (χ0v) is 15.3. The second-order valence-corrected chi connectivity index (χ2v) is 6.86. The Morgan fingerprint density at radius 3 is 2.81 bits per heavy atom. The lowest BCUT2D eigenvalue weighted by Crippen LogP contribution is -2.41. The molecule has 140 valence electrons. The van der Waals surface area contributed by atoms with Crippen molar-refractivity contribution in [3.8, 4) is 0 Å². The summed E-state index contributed by atoms with van der Waals surface area (Å²) in [6, 6.07) is 7.99. The van der Waals surface area contributed by atoms with Gasteiger partial charge >= 0.3 is 0 Å². The van der Waals surface area contributed by atoms with Gasteiger partial charge in [-0.25, -0.2) is 4.39 Å². The SMILES string of the molecule is C[C@@H](c1ccc(F)cc1)N1CCn2nc(COC3=CC=CCC3)cc2C1=O. The van der Waals surface area contributed by atoms with Crippen molar-refractivity contribution in [3.05, 3.63) is 77.1 Å². The highest BCUT2D eigenvalue weighted by atomic mass is 19.1. The average molecular weight is 367 g/mol. The maximum Gasteiger partial charge on any atom is 0.272 e. The molecule has 2 aliphatic rings. The number of aromatic nitrogens is 2. The van der Waals surface area contributed by atoms with Crippen LogP contribution >= 0.6 is 0 Å². The van der Waals surface area contributed by atoms with Crippen molar-refractivity contribution in [2.45, 2.75) is 39.0 Å². The van der Waals surface area contributed by atoms with E-state index in [1.54, 1.807) is 16.8 Å². The van der Waals surface area contributed by atoms with Gasteiger partial charge in [-0.2, -0.15) is 5.10 Å². The molecule has 0 fully saturated rings. The first-order valence-corrected chi connectivity index (χ1v) is 9.23. The van der Waals surface area contributed by atoms with Crippen molar-refractivity contribution in [1.29, 1.82) is 0 Å². The van der Waals surface area contributed by atoms with Crippen LogP contribution in [0.4, 0.5) is 4.39 Å². The first kappa shape index (κ1) is 17.5. The topological polar surface area (TPSA) is 47.4 Å². The summed E-state index contributed by atoms with van der Waals surface area (Å²) >= 11 is 0. The Balaban J connectivity index is 1.47. The number of benzene rings is 1. The van der Waals surface area contributed by atoms with Gasteiger partial charge in [0, 0.05) is 13.0 Å². The van der Waals surface area contributed by atoms with E-state index in [-0.39, 0.29) is 17.8 Å². The van der Waals surface area contributed by atoms with E-state index in [2.05, 4.69) is 11.2 Å². The molecule has 1 aromatic heterocycles. The molecule has 5 nitrogen and oxygen atoms in total. The highest BCUT2D eigenvalue weighted by Crippen LogP contribution is 2.26. The van der Waals surface area contributed by atoms with E-state index in [0.29, 0.717) is 25.4 Å². The van der Waals surface area contributed by atoms with E-state index in [9.17, 15) is 9.18 Å². The maximum absolute atomic E-state index is 13.2. The molecule has 0 saturated carbocycles. The molecule has 2 heterocycles. The molecule has 2 aromatic rings. The largest absolute Gasteiger partial charge is 0.492 e. The van der Waals surface area contributed by atoms with Crippen LogP contribution < -0.4 is 0 Å².